The molecule has 0 aliphatic rings. The monoisotopic (exact) mass is 139 g/mol. The average Bonchev–Trinajstić information content (AvgIpc) is 1.80. The number of rotatable bonds is 0. The summed E-state index contributed by atoms with van der Waals surface area (Å²) in [6, 6.07) is 0. The van der Waals surface area contributed by atoms with E-state index in [1.54, 1.807) is 0 Å². The van der Waals surface area contributed by atoms with Crippen molar-refractivity contribution in [1.82, 2.24) is 9.97 Å². The van der Waals surface area contributed by atoms with Crippen LogP contribution in [0, 0.1) is 0 Å². The van der Waals surface area contributed by atoms with Crippen LogP contribution in [0.25, 0.3) is 0 Å². The molecule has 3 nitrogen and oxygen atoms in total. The lowest BCUT2D eigenvalue weighted by Crippen LogP contribution is -2.09. The summed E-state index contributed by atoms with van der Waals surface area (Å²) in [4.78, 5) is 7.18. The van der Waals surface area contributed by atoms with Crippen molar-refractivity contribution in [3.05, 3.63) is 11.3 Å². The second-order valence-corrected chi connectivity index (χ2v) is 1.83. The summed E-state index contributed by atoms with van der Waals surface area (Å²) in [5.74, 6) is 0.134. The van der Waals surface area contributed by atoms with Gasteiger partial charge in [-0.15, -0.1) is 0 Å². The molecule has 0 aliphatic carbocycles. The molecule has 1 aromatic heterocycles. The van der Waals surface area contributed by atoms with E-state index in [9.17, 15) is 0 Å². The Morgan fingerprint density at radius 2 is 2.33 bits per heavy atom. The van der Waals surface area contributed by atoms with Crippen molar-refractivity contribution in [2.45, 2.75) is 0 Å². The Morgan fingerprint density at radius 3 is 2.78 bits per heavy atom. The van der Waals surface area contributed by atoms with Crippen molar-refractivity contribution in [3.8, 4) is 0 Å². The largest absolute Gasteiger partial charge is 0.368 e. The highest BCUT2D eigenvalue weighted by Gasteiger charge is 1.94. The van der Waals surface area contributed by atoms with E-state index >= 15 is 0 Å². The van der Waals surface area contributed by atoms with E-state index in [1.807, 2.05) is 0 Å². The Hall–Kier alpha value is -0.765. The fourth-order valence-corrected chi connectivity index (χ4v) is 0.518. The predicted molar refractivity (Wildman–Crippen MR) is 36.8 cm³/mol. The zero-order chi connectivity index (χ0) is 6.85. The lowest BCUT2D eigenvalue weighted by molar-refractivity contribution is 1.20. The molecule has 0 fully saturated rings. The standard InChI is InChI=1S/C4H3BClN3/c5-2-1-8-4(7)9-3(2)6/h1H,(H2,7,8,9). The first-order valence-corrected chi connectivity index (χ1v) is 2.61. The Kier molecular flexibility index (Phi) is 1.57. The highest BCUT2D eigenvalue weighted by Crippen LogP contribution is 1.98. The summed E-state index contributed by atoms with van der Waals surface area (Å²) in [6.45, 7) is 0. The normalized spacial score (nSPS) is 9.44. The zero-order valence-corrected chi connectivity index (χ0v) is 5.26. The van der Waals surface area contributed by atoms with Crippen LogP contribution in [0.1, 0.15) is 0 Å². The summed E-state index contributed by atoms with van der Waals surface area (Å²) < 4.78 is 0. The van der Waals surface area contributed by atoms with Crippen LogP contribution < -0.4 is 11.2 Å². The van der Waals surface area contributed by atoms with E-state index in [1.165, 1.54) is 6.20 Å². The van der Waals surface area contributed by atoms with Crippen molar-refractivity contribution >= 4 is 30.9 Å². The third-order valence-electron chi connectivity index (χ3n) is 0.787. The highest BCUT2D eigenvalue weighted by atomic mass is 35.5. The molecule has 1 rings (SSSR count). The summed E-state index contributed by atoms with van der Waals surface area (Å²) in [7, 11) is 5.28. The lowest BCUT2D eigenvalue weighted by atomic mass is 10.0. The predicted octanol–water partition coefficient (Wildman–Crippen LogP) is -0.494. The maximum absolute atomic E-state index is 5.46. The van der Waals surface area contributed by atoms with Crippen molar-refractivity contribution in [2.75, 3.05) is 5.73 Å². The minimum atomic E-state index is 0.134. The van der Waals surface area contributed by atoms with E-state index in [4.69, 9.17) is 25.2 Å². The van der Waals surface area contributed by atoms with Gasteiger partial charge in [0.05, 0.1) is 0 Å². The van der Waals surface area contributed by atoms with E-state index in [2.05, 4.69) is 9.97 Å². The number of nitrogens with two attached hydrogens (primary N) is 1. The fraction of sp³-hybridized carbons (Fsp3) is 0. The van der Waals surface area contributed by atoms with Crippen LogP contribution in [0.3, 0.4) is 0 Å². The third kappa shape index (κ3) is 1.32. The highest BCUT2D eigenvalue weighted by molar-refractivity contribution is 6.44. The molecule has 9 heavy (non-hydrogen) atoms. The number of anilines is 1. The first-order valence-electron chi connectivity index (χ1n) is 2.23. The van der Waals surface area contributed by atoms with Gasteiger partial charge in [-0.3, -0.25) is 0 Å². The number of halogens is 1. The summed E-state index contributed by atoms with van der Waals surface area (Å²) in [6.07, 6.45) is 1.37. The first kappa shape index (κ1) is 6.36. The SMILES string of the molecule is [B]c1cnc(N)nc1Cl. The van der Waals surface area contributed by atoms with Gasteiger partial charge in [0.15, 0.2) is 0 Å². The van der Waals surface area contributed by atoms with Gasteiger partial charge in [0.25, 0.3) is 0 Å². The molecule has 0 saturated carbocycles. The van der Waals surface area contributed by atoms with Gasteiger partial charge in [0.2, 0.25) is 5.95 Å². The van der Waals surface area contributed by atoms with Crippen LogP contribution in [-0.4, -0.2) is 17.8 Å². The molecule has 0 amide bonds. The molecule has 0 aliphatic heterocycles. The third-order valence-corrected chi connectivity index (χ3v) is 1.09. The zero-order valence-electron chi connectivity index (χ0n) is 4.50. The maximum Gasteiger partial charge on any atom is 0.221 e. The van der Waals surface area contributed by atoms with Crippen LogP contribution in [0.2, 0.25) is 5.15 Å². The Bertz CT molecular complexity index is 227. The number of hydrogen-bond acceptors (Lipinski definition) is 3. The van der Waals surface area contributed by atoms with E-state index in [-0.39, 0.29) is 11.1 Å². The van der Waals surface area contributed by atoms with E-state index < -0.39 is 0 Å². The number of aromatic nitrogens is 2. The van der Waals surface area contributed by atoms with Gasteiger partial charge in [-0.2, -0.15) is 0 Å². The molecule has 44 valence electrons. The maximum atomic E-state index is 5.46. The van der Waals surface area contributed by atoms with Gasteiger partial charge in [-0.05, 0) is 5.46 Å². The van der Waals surface area contributed by atoms with Crippen LogP contribution >= 0.6 is 11.6 Å². The molecule has 0 saturated heterocycles. The van der Waals surface area contributed by atoms with Gasteiger partial charge in [-0.1, -0.05) is 11.6 Å². The van der Waals surface area contributed by atoms with Crippen molar-refractivity contribution < 1.29 is 0 Å². The molecular formula is C4H3BClN3. The van der Waals surface area contributed by atoms with Crippen LogP contribution in [0.15, 0.2) is 6.20 Å². The second-order valence-electron chi connectivity index (χ2n) is 1.47. The number of nitrogens with zero attached hydrogens (tertiary/aromatic N) is 2. The van der Waals surface area contributed by atoms with Gasteiger partial charge in [0.1, 0.15) is 13.0 Å². The van der Waals surface area contributed by atoms with Crippen molar-refractivity contribution in [3.63, 3.8) is 0 Å². The van der Waals surface area contributed by atoms with E-state index in [0.29, 0.717) is 5.46 Å². The Labute approximate surface area is 58.7 Å². The molecule has 0 atom stereocenters. The van der Waals surface area contributed by atoms with Gasteiger partial charge in [0, 0.05) is 6.20 Å². The van der Waals surface area contributed by atoms with Gasteiger partial charge in [-0.25, -0.2) is 9.97 Å². The summed E-state index contributed by atoms with van der Waals surface area (Å²) in [5, 5.41) is 0.197. The minimum absolute atomic E-state index is 0.134. The molecule has 0 aromatic carbocycles. The van der Waals surface area contributed by atoms with Gasteiger partial charge < -0.3 is 5.73 Å². The van der Waals surface area contributed by atoms with Crippen LogP contribution in [-0.2, 0) is 0 Å². The molecule has 1 heterocycles. The number of hydrogen-bond donors (Lipinski definition) is 1. The molecule has 0 unspecified atom stereocenters. The summed E-state index contributed by atoms with van der Waals surface area (Å²) >= 11 is 5.46. The number of nitrogen functional groups attached to an aromatic ring is 1. The van der Waals surface area contributed by atoms with Crippen LogP contribution in [0.4, 0.5) is 5.95 Å². The fourth-order valence-electron chi connectivity index (χ4n) is 0.383. The molecule has 1 aromatic rings. The average molecular weight is 139 g/mol. The van der Waals surface area contributed by atoms with Crippen molar-refractivity contribution in [2.24, 2.45) is 0 Å². The lowest BCUT2D eigenvalue weighted by Gasteiger charge is -1.94. The topological polar surface area (TPSA) is 51.8 Å². The Morgan fingerprint density at radius 1 is 1.67 bits per heavy atom. The molecule has 5 heteroatoms. The van der Waals surface area contributed by atoms with Gasteiger partial charge >= 0.3 is 0 Å². The van der Waals surface area contributed by atoms with Crippen molar-refractivity contribution in [1.29, 1.82) is 0 Å². The Balaban J connectivity index is 3.17. The summed E-state index contributed by atoms with van der Waals surface area (Å²) in [5.41, 5.74) is 5.50. The molecule has 2 N–H and O–H groups in total. The molecule has 2 radical (unpaired) electrons. The van der Waals surface area contributed by atoms with Crippen LogP contribution in [0.5, 0.6) is 0 Å². The second kappa shape index (κ2) is 2.23. The molecule has 0 spiro atoms. The quantitative estimate of drug-likeness (QED) is 0.390. The first-order chi connectivity index (χ1) is 4.20. The molecular weight excluding hydrogens is 136 g/mol. The van der Waals surface area contributed by atoms with E-state index in [0.717, 1.165) is 0 Å². The smallest absolute Gasteiger partial charge is 0.221 e. The minimum Gasteiger partial charge on any atom is -0.368 e. The molecule has 0 bridgehead atoms.